The minimum absolute atomic E-state index is 0.0621. The summed E-state index contributed by atoms with van der Waals surface area (Å²) in [6.07, 6.45) is 2.77. The third-order valence-corrected chi connectivity index (χ3v) is 3.54. The molecule has 0 unspecified atom stereocenters. The zero-order chi connectivity index (χ0) is 15.4. The topological polar surface area (TPSA) is 80.2 Å². The van der Waals surface area contributed by atoms with Crippen LogP contribution in [0.1, 0.15) is 22.2 Å². The Hall–Kier alpha value is -2.54. The van der Waals surface area contributed by atoms with Gasteiger partial charge in [-0.25, -0.2) is 4.98 Å². The Balaban J connectivity index is 1.75. The van der Waals surface area contributed by atoms with Gasteiger partial charge < -0.3 is 15.0 Å². The highest BCUT2D eigenvalue weighted by Gasteiger charge is 2.27. The number of ether oxygens (including phenoxy) is 1. The number of carbonyl (C=O) groups excluding carboxylic acids is 1. The van der Waals surface area contributed by atoms with E-state index in [1.54, 1.807) is 11.0 Å². The zero-order valence-electron chi connectivity index (χ0n) is 12.3. The van der Waals surface area contributed by atoms with E-state index in [2.05, 4.69) is 20.5 Å². The summed E-state index contributed by atoms with van der Waals surface area (Å²) < 4.78 is 5.77. The Bertz CT molecular complexity index is 649. The molecule has 22 heavy (non-hydrogen) atoms. The Kier molecular flexibility index (Phi) is 4.24. The monoisotopic (exact) mass is 299 g/mol. The van der Waals surface area contributed by atoms with Crippen molar-refractivity contribution >= 4 is 11.7 Å². The van der Waals surface area contributed by atoms with Gasteiger partial charge in [0.15, 0.2) is 0 Å². The standard InChI is InChI=1S/C15H17N5O2/c1-16-14-4-2-3-12(19-14)13-10-20(7-8-22-13)15(21)11-5-6-17-18-9-11/h2-6,9,13H,7-8,10H2,1H3,(H,16,19)/t13-/m0/s1. The van der Waals surface area contributed by atoms with E-state index in [4.69, 9.17) is 4.74 Å². The van der Waals surface area contributed by atoms with Crippen molar-refractivity contribution in [2.24, 2.45) is 0 Å². The van der Waals surface area contributed by atoms with Crippen molar-refractivity contribution in [1.82, 2.24) is 20.1 Å². The molecule has 1 saturated heterocycles. The maximum Gasteiger partial charge on any atom is 0.255 e. The van der Waals surface area contributed by atoms with E-state index in [-0.39, 0.29) is 12.0 Å². The fraction of sp³-hybridized carbons (Fsp3) is 0.333. The van der Waals surface area contributed by atoms with Gasteiger partial charge in [0.25, 0.3) is 5.91 Å². The van der Waals surface area contributed by atoms with Crippen LogP contribution in [0.3, 0.4) is 0 Å². The molecule has 114 valence electrons. The van der Waals surface area contributed by atoms with E-state index in [1.165, 1.54) is 12.4 Å². The second-order valence-electron chi connectivity index (χ2n) is 4.94. The van der Waals surface area contributed by atoms with E-state index in [1.807, 2.05) is 25.2 Å². The molecule has 3 rings (SSSR count). The van der Waals surface area contributed by atoms with Gasteiger partial charge in [-0.3, -0.25) is 4.79 Å². The van der Waals surface area contributed by atoms with Crippen molar-refractivity contribution in [2.75, 3.05) is 32.1 Å². The van der Waals surface area contributed by atoms with Crippen molar-refractivity contribution in [2.45, 2.75) is 6.10 Å². The van der Waals surface area contributed by atoms with Gasteiger partial charge in [-0.15, -0.1) is 0 Å². The van der Waals surface area contributed by atoms with Crippen LogP contribution in [-0.4, -0.2) is 52.7 Å². The lowest BCUT2D eigenvalue weighted by Crippen LogP contribution is -2.42. The number of carbonyl (C=O) groups is 1. The van der Waals surface area contributed by atoms with E-state index >= 15 is 0 Å². The summed E-state index contributed by atoms with van der Waals surface area (Å²) in [6.45, 7) is 1.52. The molecule has 1 aliphatic rings. The molecule has 1 atom stereocenters. The summed E-state index contributed by atoms with van der Waals surface area (Å²) in [6, 6.07) is 7.39. The van der Waals surface area contributed by atoms with Gasteiger partial charge in [0.05, 0.1) is 36.8 Å². The Morgan fingerprint density at radius 3 is 3.05 bits per heavy atom. The summed E-state index contributed by atoms with van der Waals surface area (Å²) in [5.74, 6) is 0.718. The number of aromatic nitrogens is 3. The third kappa shape index (κ3) is 3.04. The summed E-state index contributed by atoms with van der Waals surface area (Å²) in [5.41, 5.74) is 1.35. The van der Waals surface area contributed by atoms with Crippen molar-refractivity contribution in [1.29, 1.82) is 0 Å². The smallest absolute Gasteiger partial charge is 0.255 e. The number of hydrogen-bond acceptors (Lipinski definition) is 6. The van der Waals surface area contributed by atoms with Crippen LogP contribution < -0.4 is 5.32 Å². The lowest BCUT2D eigenvalue weighted by atomic mass is 10.1. The van der Waals surface area contributed by atoms with Gasteiger partial charge in [-0.1, -0.05) is 6.07 Å². The fourth-order valence-electron chi connectivity index (χ4n) is 2.38. The molecule has 3 heterocycles. The summed E-state index contributed by atoms with van der Waals surface area (Å²) in [4.78, 5) is 18.7. The van der Waals surface area contributed by atoms with Crippen LogP contribution in [0.15, 0.2) is 36.7 Å². The quantitative estimate of drug-likeness (QED) is 0.915. The summed E-state index contributed by atoms with van der Waals surface area (Å²) in [7, 11) is 1.82. The minimum atomic E-state index is -0.221. The summed E-state index contributed by atoms with van der Waals surface area (Å²) >= 11 is 0. The molecule has 1 amide bonds. The predicted octanol–water partition coefficient (Wildman–Crippen LogP) is 1.13. The van der Waals surface area contributed by atoms with E-state index < -0.39 is 0 Å². The number of rotatable bonds is 3. The SMILES string of the molecule is CNc1cccc([C@@H]2CN(C(=O)c3ccnnc3)CCO2)n1. The van der Waals surface area contributed by atoms with Crippen molar-refractivity contribution in [3.63, 3.8) is 0 Å². The number of morpholine rings is 1. The van der Waals surface area contributed by atoms with Gasteiger partial charge in [-0.2, -0.15) is 10.2 Å². The van der Waals surface area contributed by atoms with E-state index in [0.29, 0.717) is 25.3 Å². The lowest BCUT2D eigenvalue weighted by Gasteiger charge is -2.32. The molecule has 0 aliphatic carbocycles. The Labute approximate surface area is 128 Å². The molecule has 1 aliphatic heterocycles. The van der Waals surface area contributed by atoms with Gasteiger partial charge in [0.2, 0.25) is 0 Å². The lowest BCUT2D eigenvalue weighted by molar-refractivity contribution is -0.0246. The maximum absolute atomic E-state index is 12.5. The van der Waals surface area contributed by atoms with Crippen LogP contribution in [-0.2, 0) is 4.74 Å². The number of pyridine rings is 1. The highest BCUT2D eigenvalue weighted by molar-refractivity contribution is 5.93. The van der Waals surface area contributed by atoms with Crippen LogP contribution >= 0.6 is 0 Å². The molecular weight excluding hydrogens is 282 g/mol. The van der Waals surface area contributed by atoms with Gasteiger partial charge in [0.1, 0.15) is 11.9 Å². The van der Waals surface area contributed by atoms with E-state index in [0.717, 1.165) is 11.5 Å². The van der Waals surface area contributed by atoms with Crippen LogP contribution in [0.25, 0.3) is 0 Å². The van der Waals surface area contributed by atoms with Gasteiger partial charge in [-0.05, 0) is 18.2 Å². The highest BCUT2D eigenvalue weighted by Crippen LogP contribution is 2.22. The largest absolute Gasteiger partial charge is 0.373 e. The van der Waals surface area contributed by atoms with E-state index in [9.17, 15) is 4.79 Å². The maximum atomic E-state index is 12.5. The van der Waals surface area contributed by atoms with Crippen LogP contribution in [0, 0.1) is 0 Å². The molecule has 0 radical (unpaired) electrons. The summed E-state index contributed by atoms with van der Waals surface area (Å²) in [5, 5.41) is 10.4. The van der Waals surface area contributed by atoms with Crippen molar-refractivity contribution in [3.05, 3.63) is 47.9 Å². The second kappa shape index (κ2) is 6.48. The number of nitrogens with one attached hydrogen (secondary N) is 1. The predicted molar refractivity (Wildman–Crippen MR) is 80.4 cm³/mol. The van der Waals surface area contributed by atoms with Crippen molar-refractivity contribution in [3.8, 4) is 0 Å². The first kappa shape index (κ1) is 14.4. The molecule has 1 N–H and O–H groups in total. The Morgan fingerprint density at radius 2 is 2.27 bits per heavy atom. The number of amides is 1. The van der Waals surface area contributed by atoms with Crippen LogP contribution in [0.4, 0.5) is 5.82 Å². The van der Waals surface area contributed by atoms with Crippen LogP contribution in [0.2, 0.25) is 0 Å². The first-order valence-corrected chi connectivity index (χ1v) is 7.10. The number of anilines is 1. The molecule has 0 aromatic carbocycles. The molecule has 2 aromatic rings. The van der Waals surface area contributed by atoms with Crippen molar-refractivity contribution < 1.29 is 9.53 Å². The normalized spacial score (nSPS) is 18.0. The fourth-order valence-corrected chi connectivity index (χ4v) is 2.38. The number of hydrogen-bond donors (Lipinski definition) is 1. The molecule has 0 saturated carbocycles. The zero-order valence-corrected chi connectivity index (χ0v) is 12.3. The molecule has 1 fully saturated rings. The second-order valence-corrected chi connectivity index (χ2v) is 4.94. The average Bonchev–Trinajstić information content (AvgIpc) is 2.62. The molecule has 7 nitrogen and oxygen atoms in total. The molecule has 7 heteroatoms. The minimum Gasteiger partial charge on any atom is -0.373 e. The third-order valence-electron chi connectivity index (χ3n) is 3.54. The first-order chi connectivity index (χ1) is 10.8. The molecule has 2 aromatic heterocycles. The average molecular weight is 299 g/mol. The molecule has 0 spiro atoms. The first-order valence-electron chi connectivity index (χ1n) is 7.10. The highest BCUT2D eigenvalue weighted by atomic mass is 16.5. The number of nitrogens with zero attached hydrogens (tertiary/aromatic N) is 4. The molecule has 0 bridgehead atoms. The van der Waals surface area contributed by atoms with Gasteiger partial charge in [0, 0.05) is 13.6 Å². The van der Waals surface area contributed by atoms with Crippen LogP contribution in [0.5, 0.6) is 0 Å². The van der Waals surface area contributed by atoms with Gasteiger partial charge >= 0.3 is 0 Å². The Morgan fingerprint density at radius 1 is 1.36 bits per heavy atom. The molecular formula is C15H17N5O2.